The fourth-order valence-electron chi connectivity index (χ4n) is 3.25. The number of alkyl halides is 3. The van der Waals surface area contributed by atoms with Gasteiger partial charge in [-0.05, 0) is 42.3 Å². The fraction of sp³-hybridized carbons (Fsp3) is 0.222. The van der Waals surface area contributed by atoms with Crippen molar-refractivity contribution in [3.05, 3.63) is 95.6 Å². The first kappa shape index (κ1) is 29.4. The van der Waals surface area contributed by atoms with E-state index < -0.39 is 11.7 Å². The van der Waals surface area contributed by atoms with E-state index in [2.05, 4.69) is 27.0 Å². The second kappa shape index (κ2) is 13.5. The standard InChI is InChI=1S/C22H18ClF3N6.C3H6.C2H6/c1-32-12-19(20(23)31-32)30-21-28-11-17(14-5-7-15(8-6-14)22(24,25)26)18(29-21)10-13-3-2-4-16(27)9-13;1-3-2;1-2/h2-9,11-12H,10,27H2,1H3,(H,28,29,30);3H,1H2,2H3;1-2H3. The van der Waals surface area contributed by atoms with Crippen LogP contribution >= 0.6 is 11.6 Å². The van der Waals surface area contributed by atoms with E-state index in [1.54, 1.807) is 36.3 Å². The van der Waals surface area contributed by atoms with Crippen LogP contribution in [0.2, 0.25) is 5.15 Å². The minimum Gasteiger partial charge on any atom is -0.399 e. The molecule has 0 saturated carbocycles. The van der Waals surface area contributed by atoms with E-state index in [9.17, 15) is 13.2 Å². The summed E-state index contributed by atoms with van der Waals surface area (Å²) in [5.74, 6) is 0.287. The van der Waals surface area contributed by atoms with E-state index in [-0.39, 0.29) is 11.1 Å². The molecular formula is C27H30ClF3N6. The number of nitrogens with zero attached hydrogens (tertiary/aromatic N) is 4. The van der Waals surface area contributed by atoms with Gasteiger partial charge >= 0.3 is 6.18 Å². The summed E-state index contributed by atoms with van der Waals surface area (Å²) in [6.45, 7) is 9.25. The van der Waals surface area contributed by atoms with Crippen molar-refractivity contribution in [2.75, 3.05) is 11.1 Å². The highest BCUT2D eigenvalue weighted by Gasteiger charge is 2.30. The van der Waals surface area contributed by atoms with Gasteiger partial charge < -0.3 is 11.1 Å². The van der Waals surface area contributed by atoms with Crippen LogP contribution in [0.25, 0.3) is 11.1 Å². The molecule has 3 N–H and O–H groups in total. The molecule has 0 unspecified atom stereocenters. The summed E-state index contributed by atoms with van der Waals surface area (Å²) in [6, 6.07) is 12.2. The van der Waals surface area contributed by atoms with Gasteiger partial charge in [0.05, 0.1) is 16.9 Å². The van der Waals surface area contributed by atoms with E-state index in [4.69, 9.17) is 17.3 Å². The molecular weight excluding hydrogens is 501 g/mol. The van der Waals surface area contributed by atoms with Gasteiger partial charge in [0.2, 0.25) is 5.95 Å². The first-order valence-corrected chi connectivity index (χ1v) is 11.9. The SMILES string of the molecule is C=CC.CC.Cn1cc(Nc2ncc(-c3ccc(C(F)(F)F)cc3)c(Cc3cccc(N)c3)n2)c(Cl)n1. The summed E-state index contributed by atoms with van der Waals surface area (Å²) in [4.78, 5) is 8.94. The smallest absolute Gasteiger partial charge is 0.399 e. The summed E-state index contributed by atoms with van der Waals surface area (Å²) in [6.07, 6.45) is 1.01. The summed E-state index contributed by atoms with van der Waals surface area (Å²) >= 11 is 6.10. The Hall–Kier alpha value is -3.85. The molecule has 2 aromatic heterocycles. The molecule has 0 bridgehead atoms. The van der Waals surface area contributed by atoms with Crippen molar-refractivity contribution in [1.82, 2.24) is 19.7 Å². The zero-order valence-corrected chi connectivity index (χ0v) is 21.9. The van der Waals surface area contributed by atoms with E-state index in [1.807, 2.05) is 39.0 Å². The second-order valence-corrected chi connectivity index (χ2v) is 7.95. The number of aromatic nitrogens is 4. The monoisotopic (exact) mass is 530 g/mol. The lowest BCUT2D eigenvalue weighted by atomic mass is 9.99. The Morgan fingerprint density at radius 1 is 1.14 bits per heavy atom. The number of allylic oxidation sites excluding steroid dienone is 1. The summed E-state index contributed by atoms with van der Waals surface area (Å²) in [7, 11) is 1.73. The fourth-order valence-corrected chi connectivity index (χ4v) is 3.47. The predicted molar refractivity (Wildman–Crippen MR) is 145 cm³/mol. The predicted octanol–water partition coefficient (Wildman–Crippen LogP) is 7.68. The number of benzene rings is 2. The Balaban J connectivity index is 0.000000898. The maximum absolute atomic E-state index is 13.0. The lowest BCUT2D eigenvalue weighted by Gasteiger charge is -2.13. The van der Waals surface area contributed by atoms with Crippen LogP contribution in [0.1, 0.15) is 37.6 Å². The third-order valence-corrected chi connectivity index (χ3v) is 5.02. The number of hydrogen-bond donors (Lipinski definition) is 2. The minimum atomic E-state index is -4.41. The molecule has 0 aliphatic heterocycles. The van der Waals surface area contributed by atoms with Gasteiger partial charge in [-0.1, -0.05) is 55.8 Å². The van der Waals surface area contributed by atoms with Gasteiger partial charge in [-0.2, -0.15) is 18.3 Å². The average Bonchev–Trinajstić information content (AvgIpc) is 3.17. The summed E-state index contributed by atoms with van der Waals surface area (Å²) in [5.41, 5.74) is 9.02. The summed E-state index contributed by atoms with van der Waals surface area (Å²) in [5, 5.41) is 7.35. The van der Waals surface area contributed by atoms with Crippen LogP contribution in [0.5, 0.6) is 0 Å². The zero-order chi connectivity index (χ0) is 27.6. The van der Waals surface area contributed by atoms with Gasteiger partial charge in [-0.25, -0.2) is 9.97 Å². The number of rotatable bonds is 5. The van der Waals surface area contributed by atoms with Gasteiger partial charge in [0.25, 0.3) is 0 Å². The Bertz CT molecular complexity index is 1300. The van der Waals surface area contributed by atoms with Crippen molar-refractivity contribution in [2.45, 2.75) is 33.4 Å². The molecule has 6 nitrogen and oxygen atoms in total. The number of hydrogen-bond acceptors (Lipinski definition) is 5. The largest absolute Gasteiger partial charge is 0.416 e. The third-order valence-electron chi connectivity index (χ3n) is 4.74. The van der Waals surface area contributed by atoms with Crippen LogP contribution in [0, 0.1) is 0 Å². The number of nitrogen functional groups attached to an aromatic ring is 1. The Morgan fingerprint density at radius 2 is 1.78 bits per heavy atom. The molecule has 0 radical (unpaired) electrons. The van der Waals surface area contributed by atoms with Crippen LogP contribution in [-0.2, 0) is 19.6 Å². The molecule has 0 atom stereocenters. The number of nitrogens with one attached hydrogen (secondary N) is 1. The minimum absolute atomic E-state index is 0.264. The maximum Gasteiger partial charge on any atom is 0.416 e. The van der Waals surface area contributed by atoms with Crippen LogP contribution < -0.4 is 11.1 Å². The van der Waals surface area contributed by atoms with Crippen LogP contribution in [-0.4, -0.2) is 19.7 Å². The normalized spacial score (nSPS) is 10.5. The van der Waals surface area contributed by atoms with Crippen molar-refractivity contribution >= 4 is 28.9 Å². The average molecular weight is 531 g/mol. The number of nitrogens with two attached hydrogens (primary N) is 1. The van der Waals surface area contributed by atoms with E-state index in [0.717, 1.165) is 17.7 Å². The highest BCUT2D eigenvalue weighted by atomic mass is 35.5. The van der Waals surface area contributed by atoms with E-state index in [0.29, 0.717) is 34.6 Å². The first-order valence-electron chi connectivity index (χ1n) is 11.5. The third kappa shape index (κ3) is 8.35. The van der Waals surface area contributed by atoms with Crippen molar-refractivity contribution in [3.63, 3.8) is 0 Å². The molecule has 10 heteroatoms. The molecule has 0 aliphatic rings. The molecule has 0 aliphatic carbocycles. The molecule has 2 aromatic carbocycles. The van der Waals surface area contributed by atoms with Crippen LogP contribution in [0.3, 0.4) is 0 Å². The quantitative estimate of drug-likeness (QED) is 0.204. The first-order chi connectivity index (χ1) is 17.6. The molecule has 196 valence electrons. The second-order valence-electron chi connectivity index (χ2n) is 7.59. The van der Waals surface area contributed by atoms with Gasteiger partial charge in [0.15, 0.2) is 5.15 Å². The number of halogens is 4. The lowest BCUT2D eigenvalue weighted by molar-refractivity contribution is -0.137. The zero-order valence-electron chi connectivity index (χ0n) is 21.1. The topological polar surface area (TPSA) is 81.7 Å². The Labute approximate surface area is 220 Å². The van der Waals surface area contributed by atoms with Crippen molar-refractivity contribution < 1.29 is 13.2 Å². The number of aryl methyl sites for hydroxylation is 1. The molecule has 0 fully saturated rings. The molecule has 37 heavy (non-hydrogen) atoms. The van der Waals surface area contributed by atoms with Gasteiger partial charge in [0, 0.05) is 37.1 Å². The van der Waals surface area contributed by atoms with Crippen molar-refractivity contribution in [3.8, 4) is 11.1 Å². The van der Waals surface area contributed by atoms with Crippen LogP contribution in [0.4, 0.5) is 30.5 Å². The van der Waals surface area contributed by atoms with Gasteiger partial charge in [-0.3, -0.25) is 4.68 Å². The molecule has 0 spiro atoms. The highest BCUT2D eigenvalue weighted by molar-refractivity contribution is 6.32. The molecule has 0 saturated heterocycles. The number of anilines is 3. The van der Waals surface area contributed by atoms with Crippen molar-refractivity contribution in [2.24, 2.45) is 7.05 Å². The van der Waals surface area contributed by atoms with E-state index >= 15 is 0 Å². The molecule has 2 heterocycles. The van der Waals surface area contributed by atoms with Crippen molar-refractivity contribution in [1.29, 1.82) is 0 Å². The Kier molecular flexibility index (Phi) is 10.7. The maximum atomic E-state index is 13.0. The van der Waals surface area contributed by atoms with Gasteiger partial charge in [-0.15, -0.1) is 6.58 Å². The molecule has 4 aromatic rings. The summed E-state index contributed by atoms with van der Waals surface area (Å²) < 4.78 is 40.4. The van der Waals surface area contributed by atoms with Crippen LogP contribution in [0.15, 0.2) is 73.6 Å². The lowest BCUT2D eigenvalue weighted by Crippen LogP contribution is -2.05. The highest BCUT2D eigenvalue weighted by Crippen LogP contribution is 2.32. The van der Waals surface area contributed by atoms with Gasteiger partial charge in [0.1, 0.15) is 0 Å². The van der Waals surface area contributed by atoms with E-state index in [1.165, 1.54) is 12.1 Å². The Morgan fingerprint density at radius 3 is 2.32 bits per heavy atom. The molecule has 4 rings (SSSR count). The molecule has 0 amide bonds.